The zero-order valence-corrected chi connectivity index (χ0v) is 14.2. The molecule has 1 amide bonds. The van der Waals surface area contributed by atoms with Gasteiger partial charge in [-0.3, -0.25) is 4.79 Å². The van der Waals surface area contributed by atoms with Crippen molar-refractivity contribution in [2.45, 2.75) is 12.8 Å². The molecule has 0 spiro atoms. The predicted molar refractivity (Wildman–Crippen MR) is 93.4 cm³/mol. The lowest BCUT2D eigenvalue weighted by atomic mass is 9.92. The Hall–Kier alpha value is -2.93. The Balaban J connectivity index is 1.86. The molecule has 2 aromatic heterocycles. The van der Waals surface area contributed by atoms with Crippen LogP contribution >= 0.6 is 11.3 Å². The van der Waals surface area contributed by atoms with Crippen molar-refractivity contribution in [3.8, 4) is 11.3 Å². The normalized spacial score (nSPS) is 12.4. The van der Waals surface area contributed by atoms with Crippen molar-refractivity contribution in [3.63, 3.8) is 0 Å². The first kappa shape index (κ1) is 15.6. The summed E-state index contributed by atoms with van der Waals surface area (Å²) in [6.07, 6.45) is 2.92. The number of hydrogen-bond donors (Lipinski definition) is 1. The third-order valence-electron chi connectivity index (χ3n) is 4.33. The van der Waals surface area contributed by atoms with Crippen LogP contribution < -0.4 is 4.90 Å². The number of rotatable bonds is 3. The Morgan fingerprint density at radius 1 is 1.24 bits per heavy atom. The van der Waals surface area contributed by atoms with Crippen LogP contribution in [0.3, 0.4) is 0 Å². The van der Waals surface area contributed by atoms with Crippen LogP contribution in [-0.2, 0) is 12.8 Å². The second-order valence-corrected chi connectivity index (χ2v) is 6.80. The number of aryl methyl sites for hydroxylation is 1. The molecule has 4 rings (SSSR count). The lowest BCUT2D eigenvalue weighted by molar-refractivity contribution is 0.0701. The van der Waals surface area contributed by atoms with Gasteiger partial charge >= 0.3 is 5.97 Å². The largest absolute Gasteiger partial charge is 0.477 e. The first-order chi connectivity index (χ1) is 12.1. The standard InChI is InChI=1S/C18H14N2O4S/c1-20(16(21)10-5-3-2-4-6-10)17-13-12(15(25-17)18(22)23)8-7-11-9-19-24-14(11)13/h2-6,9H,7-8H2,1H3,(H,22,23). The lowest BCUT2D eigenvalue weighted by Gasteiger charge is -2.19. The predicted octanol–water partition coefficient (Wildman–Crippen LogP) is 3.48. The van der Waals surface area contributed by atoms with E-state index in [1.165, 1.54) is 4.90 Å². The van der Waals surface area contributed by atoms with Gasteiger partial charge in [-0.15, -0.1) is 11.3 Å². The molecule has 2 heterocycles. The molecule has 1 aromatic carbocycles. The van der Waals surface area contributed by atoms with Gasteiger partial charge in [-0.1, -0.05) is 23.4 Å². The highest BCUT2D eigenvalue weighted by Gasteiger charge is 2.33. The molecule has 7 heteroatoms. The minimum absolute atomic E-state index is 0.201. The second-order valence-electron chi connectivity index (χ2n) is 5.81. The Morgan fingerprint density at radius 3 is 2.72 bits per heavy atom. The molecule has 1 aliphatic carbocycles. The fourth-order valence-corrected chi connectivity index (χ4v) is 4.25. The average Bonchev–Trinajstić information content (AvgIpc) is 3.25. The molecule has 0 bridgehead atoms. The summed E-state index contributed by atoms with van der Waals surface area (Å²) in [6, 6.07) is 8.89. The van der Waals surface area contributed by atoms with Crippen LogP contribution in [0.4, 0.5) is 5.00 Å². The maximum absolute atomic E-state index is 12.8. The fourth-order valence-electron chi connectivity index (χ4n) is 3.10. The third kappa shape index (κ3) is 2.44. The van der Waals surface area contributed by atoms with Crippen LogP contribution in [0.1, 0.15) is 31.2 Å². The average molecular weight is 354 g/mol. The van der Waals surface area contributed by atoms with Crippen molar-refractivity contribution in [1.29, 1.82) is 0 Å². The molecule has 6 nitrogen and oxygen atoms in total. The Kier molecular flexibility index (Phi) is 3.65. The number of aromatic carboxylic acids is 1. The number of benzene rings is 1. The van der Waals surface area contributed by atoms with Crippen LogP contribution in [-0.4, -0.2) is 29.2 Å². The van der Waals surface area contributed by atoms with E-state index in [-0.39, 0.29) is 10.8 Å². The second kappa shape index (κ2) is 5.86. The van der Waals surface area contributed by atoms with Crippen molar-refractivity contribution in [3.05, 3.63) is 58.1 Å². The Morgan fingerprint density at radius 2 is 2.00 bits per heavy atom. The molecule has 0 saturated heterocycles. The van der Waals surface area contributed by atoms with Gasteiger partial charge in [0.1, 0.15) is 9.88 Å². The van der Waals surface area contributed by atoms with Gasteiger partial charge in [-0.05, 0) is 30.5 Å². The summed E-state index contributed by atoms with van der Waals surface area (Å²) in [4.78, 5) is 26.2. The van der Waals surface area contributed by atoms with E-state index < -0.39 is 5.97 Å². The number of anilines is 1. The summed E-state index contributed by atoms with van der Waals surface area (Å²) in [5.74, 6) is -0.628. The number of amides is 1. The number of carbonyl (C=O) groups excluding carboxylic acids is 1. The molecule has 0 fully saturated rings. The van der Waals surface area contributed by atoms with Gasteiger partial charge in [0.15, 0.2) is 5.76 Å². The van der Waals surface area contributed by atoms with Crippen LogP contribution in [0.2, 0.25) is 0 Å². The van der Waals surface area contributed by atoms with Crippen molar-refractivity contribution in [2.75, 3.05) is 11.9 Å². The van der Waals surface area contributed by atoms with E-state index in [1.807, 2.05) is 6.07 Å². The number of hydrogen-bond acceptors (Lipinski definition) is 5. The summed E-state index contributed by atoms with van der Waals surface area (Å²) < 4.78 is 5.38. The maximum atomic E-state index is 12.8. The van der Waals surface area contributed by atoms with Crippen LogP contribution in [0.5, 0.6) is 0 Å². The number of aromatic nitrogens is 1. The van der Waals surface area contributed by atoms with E-state index in [2.05, 4.69) is 5.16 Å². The fraction of sp³-hybridized carbons (Fsp3) is 0.167. The highest BCUT2D eigenvalue weighted by Crippen LogP contribution is 2.47. The van der Waals surface area contributed by atoms with Gasteiger partial charge in [0.2, 0.25) is 0 Å². The van der Waals surface area contributed by atoms with Crippen LogP contribution in [0, 0.1) is 0 Å². The smallest absolute Gasteiger partial charge is 0.346 e. The van der Waals surface area contributed by atoms with Gasteiger partial charge in [0.25, 0.3) is 5.91 Å². The number of thiophene rings is 1. The molecule has 0 radical (unpaired) electrons. The Bertz CT molecular complexity index is 974. The highest BCUT2D eigenvalue weighted by atomic mass is 32.1. The molecule has 25 heavy (non-hydrogen) atoms. The molecule has 1 aliphatic rings. The first-order valence-corrected chi connectivity index (χ1v) is 8.55. The van der Waals surface area contributed by atoms with Gasteiger partial charge in [-0.25, -0.2) is 4.79 Å². The zero-order valence-electron chi connectivity index (χ0n) is 13.4. The lowest BCUT2D eigenvalue weighted by Crippen LogP contribution is -2.26. The van der Waals surface area contributed by atoms with Crippen molar-refractivity contribution < 1.29 is 19.2 Å². The SMILES string of the molecule is CN(C(=O)c1ccccc1)c1sc(C(=O)O)c2c1-c1oncc1CC2. The molecule has 3 aromatic rings. The molecule has 0 unspecified atom stereocenters. The highest BCUT2D eigenvalue weighted by molar-refractivity contribution is 7.19. The van der Waals surface area contributed by atoms with Crippen molar-refractivity contribution in [2.24, 2.45) is 0 Å². The first-order valence-electron chi connectivity index (χ1n) is 7.74. The van der Waals surface area contributed by atoms with E-state index >= 15 is 0 Å². The summed E-state index contributed by atoms with van der Waals surface area (Å²) in [7, 11) is 1.65. The number of carboxylic acid groups (broad SMARTS) is 1. The van der Waals surface area contributed by atoms with Crippen LogP contribution in [0.15, 0.2) is 41.1 Å². The molecule has 126 valence electrons. The van der Waals surface area contributed by atoms with E-state index in [4.69, 9.17) is 4.52 Å². The monoisotopic (exact) mass is 354 g/mol. The van der Waals surface area contributed by atoms with Crippen LogP contribution in [0.25, 0.3) is 11.3 Å². The maximum Gasteiger partial charge on any atom is 0.346 e. The summed E-state index contributed by atoms with van der Waals surface area (Å²) in [5, 5.41) is 14.0. The number of nitrogens with zero attached hydrogens (tertiary/aromatic N) is 2. The third-order valence-corrected chi connectivity index (χ3v) is 5.62. The van der Waals surface area contributed by atoms with Crippen molar-refractivity contribution >= 4 is 28.2 Å². The quantitative estimate of drug-likeness (QED) is 0.778. The minimum atomic E-state index is -0.990. The van der Waals surface area contributed by atoms with Gasteiger partial charge in [0, 0.05) is 18.2 Å². The van der Waals surface area contributed by atoms with Gasteiger partial charge in [0.05, 0.1) is 11.8 Å². The topological polar surface area (TPSA) is 83.6 Å². The van der Waals surface area contributed by atoms with Gasteiger partial charge in [-0.2, -0.15) is 0 Å². The summed E-state index contributed by atoms with van der Waals surface area (Å²) in [6.45, 7) is 0. The molecular weight excluding hydrogens is 340 g/mol. The van der Waals surface area contributed by atoms with E-state index in [1.54, 1.807) is 37.5 Å². The summed E-state index contributed by atoms with van der Waals surface area (Å²) in [5.41, 5.74) is 2.86. The molecular formula is C18H14N2O4S. The summed E-state index contributed by atoms with van der Waals surface area (Å²) >= 11 is 1.10. The number of carbonyl (C=O) groups is 2. The van der Waals surface area contributed by atoms with E-state index in [0.29, 0.717) is 40.3 Å². The van der Waals surface area contributed by atoms with E-state index in [9.17, 15) is 14.7 Å². The molecule has 0 saturated carbocycles. The van der Waals surface area contributed by atoms with Crippen molar-refractivity contribution in [1.82, 2.24) is 5.16 Å². The molecule has 1 N–H and O–H groups in total. The van der Waals surface area contributed by atoms with E-state index in [0.717, 1.165) is 16.9 Å². The number of carboxylic acids is 1. The van der Waals surface area contributed by atoms with Gasteiger partial charge < -0.3 is 14.5 Å². The minimum Gasteiger partial charge on any atom is -0.477 e. The zero-order chi connectivity index (χ0) is 17.6. The molecule has 0 aliphatic heterocycles. The number of fused-ring (bicyclic) bond motifs is 3. The Labute approximate surface area is 147 Å². The molecule has 0 atom stereocenters.